The van der Waals surface area contributed by atoms with E-state index in [-0.39, 0.29) is 0 Å². The highest BCUT2D eigenvalue weighted by molar-refractivity contribution is 5.26. The number of allylic oxidation sites excluding steroid dienone is 6. The van der Waals surface area contributed by atoms with Crippen molar-refractivity contribution in [1.29, 1.82) is 0 Å². The van der Waals surface area contributed by atoms with Gasteiger partial charge in [-0.15, -0.1) is 0 Å². The van der Waals surface area contributed by atoms with E-state index in [1.54, 1.807) is 0 Å². The Morgan fingerprint density at radius 1 is 0.636 bits per heavy atom. The van der Waals surface area contributed by atoms with E-state index in [1.807, 2.05) is 60.7 Å². The topological polar surface area (TPSA) is 52.0 Å². The first-order valence-corrected chi connectivity index (χ1v) is 7.39. The zero-order chi connectivity index (χ0) is 15.6. The van der Waals surface area contributed by atoms with E-state index >= 15 is 0 Å². The van der Waals surface area contributed by atoms with E-state index in [0.29, 0.717) is 0 Å². The van der Waals surface area contributed by atoms with E-state index in [2.05, 4.69) is 24.3 Å². The molecule has 2 nitrogen and oxygen atoms in total. The molecule has 2 aromatic rings. The lowest BCUT2D eigenvalue weighted by molar-refractivity contribution is 1.11. The SMILES string of the molecule is N\C(=C/C=C/C=C(\N)Cc1ccccc1)Cc1ccccc1. The van der Waals surface area contributed by atoms with E-state index < -0.39 is 0 Å². The molecule has 4 N–H and O–H groups in total. The van der Waals surface area contributed by atoms with Crippen molar-refractivity contribution in [1.82, 2.24) is 0 Å². The average molecular weight is 290 g/mol. The molecule has 0 aliphatic rings. The van der Waals surface area contributed by atoms with E-state index in [9.17, 15) is 0 Å². The molecule has 0 unspecified atom stereocenters. The monoisotopic (exact) mass is 290 g/mol. The minimum absolute atomic E-state index is 0.758. The molecule has 22 heavy (non-hydrogen) atoms. The maximum absolute atomic E-state index is 6.00. The van der Waals surface area contributed by atoms with Crippen LogP contribution in [0.15, 0.2) is 96.4 Å². The number of hydrogen-bond acceptors (Lipinski definition) is 2. The van der Waals surface area contributed by atoms with Crippen molar-refractivity contribution < 1.29 is 0 Å². The quantitative estimate of drug-likeness (QED) is 0.797. The van der Waals surface area contributed by atoms with Crippen LogP contribution in [-0.4, -0.2) is 0 Å². The number of nitrogens with two attached hydrogens (primary N) is 2. The lowest BCUT2D eigenvalue weighted by Gasteiger charge is -2.00. The Bertz CT molecular complexity index is 593. The minimum atomic E-state index is 0.758. The van der Waals surface area contributed by atoms with Crippen LogP contribution in [0.5, 0.6) is 0 Å². The van der Waals surface area contributed by atoms with Gasteiger partial charge in [0.15, 0.2) is 0 Å². The van der Waals surface area contributed by atoms with Crippen molar-refractivity contribution in [2.75, 3.05) is 0 Å². The Balaban J connectivity index is 1.86. The minimum Gasteiger partial charge on any atom is -0.402 e. The fourth-order valence-corrected chi connectivity index (χ4v) is 2.14. The zero-order valence-electron chi connectivity index (χ0n) is 12.7. The van der Waals surface area contributed by atoms with Gasteiger partial charge in [-0.1, -0.05) is 72.8 Å². The zero-order valence-corrected chi connectivity index (χ0v) is 12.7. The summed E-state index contributed by atoms with van der Waals surface area (Å²) in [5, 5.41) is 0. The van der Waals surface area contributed by atoms with Gasteiger partial charge in [0, 0.05) is 24.2 Å². The van der Waals surface area contributed by atoms with Crippen LogP contribution < -0.4 is 11.5 Å². The van der Waals surface area contributed by atoms with Gasteiger partial charge in [0.05, 0.1) is 0 Å². The fraction of sp³-hybridized carbons (Fsp3) is 0.100. The summed E-state index contributed by atoms with van der Waals surface area (Å²) in [5.74, 6) is 0. The molecule has 0 saturated carbocycles. The first-order valence-electron chi connectivity index (χ1n) is 7.39. The molecule has 0 fully saturated rings. The molecule has 112 valence electrons. The lowest BCUT2D eigenvalue weighted by atomic mass is 10.1. The van der Waals surface area contributed by atoms with Crippen LogP contribution in [0.1, 0.15) is 11.1 Å². The van der Waals surface area contributed by atoms with Gasteiger partial charge < -0.3 is 11.5 Å². The molecule has 2 heteroatoms. The molecular weight excluding hydrogens is 268 g/mol. The highest BCUT2D eigenvalue weighted by Crippen LogP contribution is 2.05. The summed E-state index contributed by atoms with van der Waals surface area (Å²) in [6, 6.07) is 20.4. The lowest BCUT2D eigenvalue weighted by Crippen LogP contribution is -2.01. The normalized spacial score (nSPS) is 12.7. The summed E-state index contributed by atoms with van der Waals surface area (Å²) in [4.78, 5) is 0. The van der Waals surface area contributed by atoms with Crippen LogP contribution in [0, 0.1) is 0 Å². The van der Waals surface area contributed by atoms with Gasteiger partial charge in [-0.3, -0.25) is 0 Å². The Hall–Kier alpha value is -2.74. The van der Waals surface area contributed by atoms with Crippen molar-refractivity contribution in [3.05, 3.63) is 107 Å². The van der Waals surface area contributed by atoms with Gasteiger partial charge in [-0.25, -0.2) is 0 Å². The van der Waals surface area contributed by atoms with Crippen molar-refractivity contribution in [3.63, 3.8) is 0 Å². The van der Waals surface area contributed by atoms with Gasteiger partial charge in [-0.05, 0) is 23.3 Å². The van der Waals surface area contributed by atoms with Gasteiger partial charge in [0.2, 0.25) is 0 Å². The van der Waals surface area contributed by atoms with Crippen molar-refractivity contribution in [3.8, 4) is 0 Å². The second-order valence-electron chi connectivity index (χ2n) is 5.19. The van der Waals surface area contributed by atoms with Crippen LogP contribution in [0.25, 0.3) is 0 Å². The maximum Gasteiger partial charge on any atom is 0.0125 e. The first kappa shape index (κ1) is 15.6. The van der Waals surface area contributed by atoms with Crippen LogP contribution in [0.4, 0.5) is 0 Å². The molecule has 2 aromatic carbocycles. The highest BCUT2D eigenvalue weighted by Gasteiger charge is 1.93. The third-order valence-electron chi connectivity index (χ3n) is 3.23. The molecule has 0 radical (unpaired) electrons. The Kier molecular flexibility index (Phi) is 6.06. The molecule has 0 bridgehead atoms. The Labute approximate surface area is 132 Å². The highest BCUT2D eigenvalue weighted by atomic mass is 14.6. The van der Waals surface area contributed by atoms with Gasteiger partial charge in [0.1, 0.15) is 0 Å². The van der Waals surface area contributed by atoms with E-state index in [4.69, 9.17) is 11.5 Å². The predicted molar refractivity (Wildman–Crippen MR) is 94.0 cm³/mol. The first-order chi connectivity index (χ1) is 10.7. The van der Waals surface area contributed by atoms with Gasteiger partial charge in [0.25, 0.3) is 0 Å². The second-order valence-corrected chi connectivity index (χ2v) is 5.19. The van der Waals surface area contributed by atoms with Crippen LogP contribution in [0.3, 0.4) is 0 Å². The summed E-state index contributed by atoms with van der Waals surface area (Å²) in [6.45, 7) is 0. The number of rotatable bonds is 6. The summed E-state index contributed by atoms with van der Waals surface area (Å²) in [5.41, 5.74) is 16.1. The largest absolute Gasteiger partial charge is 0.402 e. The van der Waals surface area contributed by atoms with Crippen molar-refractivity contribution in [2.45, 2.75) is 12.8 Å². The summed E-state index contributed by atoms with van der Waals surface area (Å²) in [7, 11) is 0. The van der Waals surface area contributed by atoms with Crippen molar-refractivity contribution >= 4 is 0 Å². The Morgan fingerprint density at radius 2 is 1.00 bits per heavy atom. The number of hydrogen-bond donors (Lipinski definition) is 2. The molecular formula is C20H22N2. The standard InChI is InChI=1S/C20H22N2/c21-19(15-17-9-3-1-4-10-17)13-7-8-14-20(22)16-18-11-5-2-6-12-18/h1-14H,15-16,21-22H2/b8-7+,19-13-,20-14-. The van der Waals surface area contributed by atoms with Gasteiger partial charge in [-0.2, -0.15) is 0 Å². The van der Waals surface area contributed by atoms with Crippen LogP contribution in [-0.2, 0) is 12.8 Å². The maximum atomic E-state index is 6.00. The smallest absolute Gasteiger partial charge is 0.0125 e. The third-order valence-corrected chi connectivity index (χ3v) is 3.23. The molecule has 0 atom stereocenters. The Morgan fingerprint density at radius 3 is 1.36 bits per heavy atom. The van der Waals surface area contributed by atoms with E-state index in [0.717, 1.165) is 24.2 Å². The average Bonchev–Trinajstić information content (AvgIpc) is 2.53. The molecule has 0 aliphatic carbocycles. The molecule has 2 rings (SSSR count). The molecule has 0 amide bonds. The number of benzene rings is 2. The van der Waals surface area contributed by atoms with E-state index in [1.165, 1.54) is 11.1 Å². The molecule has 0 aliphatic heterocycles. The fourth-order valence-electron chi connectivity index (χ4n) is 2.14. The van der Waals surface area contributed by atoms with Crippen LogP contribution in [0.2, 0.25) is 0 Å². The van der Waals surface area contributed by atoms with Crippen molar-refractivity contribution in [2.24, 2.45) is 11.5 Å². The molecule has 0 saturated heterocycles. The van der Waals surface area contributed by atoms with Gasteiger partial charge >= 0.3 is 0 Å². The third kappa shape index (κ3) is 5.71. The van der Waals surface area contributed by atoms with Crippen LogP contribution >= 0.6 is 0 Å². The summed E-state index contributed by atoms with van der Waals surface area (Å²) in [6.07, 6.45) is 9.20. The predicted octanol–water partition coefficient (Wildman–Crippen LogP) is 3.71. The second kappa shape index (κ2) is 8.53. The summed E-state index contributed by atoms with van der Waals surface area (Å²) < 4.78 is 0. The molecule has 0 aromatic heterocycles. The molecule has 0 heterocycles. The molecule has 0 spiro atoms. The summed E-state index contributed by atoms with van der Waals surface area (Å²) >= 11 is 0.